The maximum absolute atomic E-state index is 12.9. The molecule has 0 radical (unpaired) electrons. The number of carbonyl (C=O) groups excluding carboxylic acids is 2. The lowest BCUT2D eigenvalue weighted by atomic mass is 10.0. The molecule has 218 valence electrons. The van der Waals surface area contributed by atoms with Crippen molar-refractivity contribution in [2.75, 3.05) is 56.0 Å². The molecule has 1 aliphatic carbocycles. The van der Waals surface area contributed by atoms with Crippen molar-refractivity contribution in [1.29, 1.82) is 0 Å². The maximum atomic E-state index is 12.9. The topological polar surface area (TPSA) is 103 Å². The van der Waals surface area contributed by atoms with Gasteiger partial charge in [0.05, 0.1) is 24.9 Å². The first-order valence-corrected chi connectivity index (χ1v) is 14.7. The lowest BCUT2D eigenvalue weighted by molar-refractivity contribution is -0.121. The molecule has 2 amide bonds. The van der Waals surface area contributed by atoms with Gasteiger partial charge in [0, 0.05) is 31.2 Å². The summed E-state index contributed by atoms with van der Waals surface area (Å²) in [6, 6.07) is 5.91. The van der Waals surface area contributed by atoms with E-state index in [1.165, 1.54) is 12.8 Å². The van der Waals surface area contributed by atoms with Gasteiger partial charge in [0.15, 0.2) is 5.82 Å². The van der Waals surface area contributed by atoms with Gasteiger partial charge in [-0.15, -0.1) is 0 Å². The highest BCUT2D eigenvalue weighted by molar-refractivity contribution is 5.99. The molecule has 10 heteroatoms. The second kappa shape index (κ2) is 13.3. The Labute approximate surface area is 238 Å². The Morgan fingerprint density at radius 2 is 1.77 bits per heavy atom. The van der Waals surface area contributed by atoms with E-state index in [1.807, 2.05) is 26.8 Å². The lowest BCUT2D eigenvalue weighted by Gasteiger charge is -2.31. The number of nitrogens with one attached hydrogen (secondary N) is 2. The van der Waals surface area contributed by atoms with Crippen LogP contribution in [-0.2, 0) is 4.79 Å². The van der Waals surface area contributed by atoms with Crippen LogP contribution in [0.5, 0.6) is 5.75 Å². The minimum atomic E-state index is -0.125. The van der Waals surface area contributed by atoms with E-state index in [1.54, 1.807) is 37.4 Å². The molecule has 5 rings (SSSR count). The normalized spacial score (nSPS) is 20.4. The maximum Gasteiger partial charge on any atom is 0.251 e. The van der Waals surface area contributed by atoms with Crippen LogP contribution < -0.4 is 25.2 Å². The Morgan fingerprint density at radius 1 is 1.07 bits per heavy atom. The highest BCUT2D eigenvalue weighted by Gasteiger charge is 2.35. The van der Waals surface area contributed by atoms with E-state index in [-0.39, 0.29) is 23.8 Å². The first-order chi connectivity index (χ1) is 19.3. The number of rotatable bonds is 6. The summed E-state index contributed by atoms with van der Waals surface area (Å²) < 4.78 is 5.62. The minimum absolute atomic E-state index is 0.0758. The van der Waals surface area contributed by atoms with Crippen molar-refractivity contribution in [2.24, 2.45) is 5.92 Å². The molecular weight excluding hydrogens is 506 g/mol. The standard InChI is InChI=1S/C28H39N7O3.C2H6/c1-18-17-35(21-7-5-6-8-21)25-23(34(3)27(18)37)16-29-28(32-25)31-22-10-9-19(15-24(22)38-4)26(36)30-20-11-13-33(2)14-12-20;1-2/h9-10,15-16,18,20-21H,5-8,11-14,17H2,1-4H3,(H,30,36)(H,29,31,32);1-2H3. The molecule has 10 nitrogen and oxygen atoms in total. The van der Waals surface area contributed by atoms with Gasteiger partial charge < -0.3 is 30.1 Å². The Balaban J connectivity index is 0.00000181. The zero-order valence-corrected chi connectivity index (χ0v) is 24.9. The number of piperidine rings is 1. The minimum Gasteiger partial charge on any atom is -0.495 e. The molecular formula is C30H45N7O3. The number of amides is 2. The van der Waals surface area contributed by atoms with Gasteiger partial charge in [0.1, 0.15) is 11.4 Å². The number of nitrogens with zero attached hydrogens (tertiary/aromatic N) is 5. The van der Waals surface area contributed by atoms with Crippen LogP contribution in [0.1, 0.15) is 69.7 Å². The van der Waals surface area contributed by atoms with Crippen LogP contribution >= 0.6 is 0 Å². The molecule has 1 saturated carbocycles. The zero-order chi connectivity index (χ0) is 28.8. The largest absolute Gasteiger partial charge is 0.495 e. The summed E-state index contributed by atoms with van der Waals surface area (Å²) in [4.78, 5) is 41.5. The van der Waals surface area contributed by atoms with Gasteiger partial charge in [-0.1, -0.05) is 33.6 Å². The van der Waals surface area contributed by atoms with E-state index >= 15 is 0 Å². The molecule has 0 bridgehead atoms. The summed E-state index contributed by atoms with van der Waals surface area (Å²) >= 11 is 0. The molecule has 0 spiro atoms. The number of benzene rings is 1. The van der Waals surface area contributed by atoms with Crippen molar-refractivity contribution in [1.82, 2.24) is 20.2 Å². The van der Waals surface area contributed by atoms with Gasteiger partial charge in [-0.3, -0.25) is 9.59 Å². The molecule has 1 aromatic heterocycles. The van der Waals surface area contributed by atoms with Gasteiger partial charge >= 0.3 is 0 Å². The van der Waals surface area contributed by atoms with E-state index in [2.05, 4.69) is 32.5 Å². The number of likely N-dealkylation sites (tertiary alicyclic amines) is 1. The van der Waals surface area contributed by atoms with Gasteiger partial charge in [-0.05, 0) is 64.0 Å². The summed E-state index contributed by atoms with van der Waals surface area (Å²) in [5.41, 5.74) is 1.95. The van der Waals surface area contributed by atoms with Gasteiger partial charge in [0.25, 0.3) is 5.91 Å². The molecule has 2 aliphatic heterocycles. The van der Waals surface area contributed by atoms with Crippen LogP contribution in [0.15, 0.2) is 24.4 Å². The van der Waals surface area contributed by atoms with E-state index in [0.717, 1.165) is 50.3 Å². The van der Waals surface area contributed by atoms with Crippen LogP contribution in [0, 0.1) is 5.92 Å². The van der Waals surface area contributed by atoms with E-state index in [9.17, 15) is 9.59 Å². The molecule has 1 unspecified atom stereocenters. The fourth-order valence-electron chi connectivity index (χ4n) is 5.80. The number of ether oxygens (including phenoxy) is 1. The number of hydrogen-bond donors (Lipinski definition) is 2. The number of methoxy groups -OCH3 is 1. The highest BCUT2D eigenvalue weighted by atomic mass is 16.5. The Bertz CT molecular complexity index is 1180. The summed E-state index contributed by atoms with van der Waals surface area (Å²) in [6.45, 7) is 8.59. The molecule has 3 heterocycles. The van der Waals surface area contributed by atoms with Crippen molar-refractivity contribution in [2.45, 2.75) is 71.4 Å². The van der Waals surface area contributed by atoms with Crippen LogP contribution in [-0.4, -0.2) is 79.6 Å². The van der Waals surface area contributed by atoms with Crippen molar-refractivity contribution in [3.63, 3.8) is 0 Å². The third-order valence-electron chi connectivity index (χ3n) is 8.14. The molecule has 2 N–H and O–H groups in total. The predicted octanol–water partition coefficient (Wildman–Crippen LogP) is 4.44. The SMILES string of the molecule is CC.COc1cc(C(=O)NC2CCN(C)CC2)ccc1Nc1ncc2c(n1)N(C1CCCC1)CC(C)C(=O)N2C. The fraction of sp³-hybridized carbons (Fsp3) is 0.600. The van der Waals surface area contributed by atoms with E-state index in [4.69, 9.17) is 9.72 Å². The summed E-state index contributed by atoms with van der Waals surface area (Å²) in [5.74, 6) is 1.59. The lowest BCUT2D eigenvalue weighted by Crippen LogP contribution is -2.43. The predicted molar refractivity (Wildman–Crippen MR) is 160 cm³/mol. The average Bonchev–Trinajstić information content (AvgIpc) is 3.49. The number of aromatic nitrogens is 2. The summed E-state index contributed by atoms with van der Waals surface area (Å²) in [7, 11) is 5.48. The first-order valence-electron chi connectivity index (χ1n) is 14.7. The Kier molecular flexibility index (Phi) is 9.84. The number of hydrogen-bond acceptors (Lipinski definition) is 8. The molecule has 3 aliphatic rings. The van der Waals surface area contributed by atoms with Crippen LogP contribution in [0.2, 0.25) is 0 Å². The van der Waals surface area contributed by atoms with Crippen LogP contribution in [0.25, 0.3) is 0 Å². The molecule has 1 saturated heterocycles. The second-order valence-corrected chi connectivity index (χ2v) is 10.9. The smallest absolute Gasteiger partial charge is 0.251 e. The van der Waals surface area contributed by atoms with Crippen molar-refractivity contribution in [3.05, 3.63) is 30.0 Å². The van der Waals surface area contributed by atoms with Crippen molar-refractivity contribution in [3.8, 4) is 5.75 Å². The third-order valence-corrected chi connectivity index (χ3v) is 8.14. The number of fused-ring (bicyclic) bond motifs is 1. The Morgan fingerprint density at radius 3 is 2.45 bits per heavy atom. The van der Waals surface area contributed by atoms with E-state index < -0.39 is 0 Å². The monoisotopic (exact) mass is 551 g/mol. The van der Waals surface area contributed by atoms with E-state index in [0.29, 0.717) is 35.5 Å². The molecule has 2 aromatic rings. The van der Waals surface area contributed by atoms with Crippen LogP contribution in [0.4, 0.5) is 23.1 Å². The van der Waals surface area contributed by atoms with Gasteiger partial charge in [0.2, 0.25) is 11.9 Å². The number of carbonyl (C=O) groups is 2. The van der Waals surface area contributed by atoms with Gasteiger partial charge in [-0.2, -0.15) is 4.98 Å². The first kappa shape index (κ1) is 29.6. The molecule has 1 atom stereocenters. The summed E-state index contributed by atoms with van der Waals surface area (Å²) in [6.07, 6.45) is 8.22. The highest BCUT2D eigenvalue weighted by Crippen LogP contribution is 2.38. The molecule has 2 fully saturated rings. The third kappa shape index (κ3) is 6.49. The second-order valence-electron chi connectivity index (χ2n) is 10.9. The summed E-state index contributed by atoms with van der Waals surface area (Å²) in [5, 5.41) is 6.44. The molecule has 40 heavy (non-hydrogen) atoms. The van der Waals surface area contributed by atoms with Crippen molar-refractivity contribution >= 4 is 35.0 Å². The van der Waals surface area contributed by atoms with Crippen molar-refractivity contribution < 1.29 is 14.3 Å². The zero-order valence-electron chi connectivity index (χ0n) is 24.9. The fourth-order valence-corrected chi connectivity index (χ4v) is 5.80. The quantitative estimate of drug-likeness (QED) is 0.543. The average molecular weight is 552 g/mol. The Hall–Kier alpha value is -3.40. The molecule has 1 aromatic carbocycles. The van der Waals surface area contributed by atoms with Crippen LogP contribution in [0.3, 0.4) is 0 Å². The number of anilines is 4. The van der Waals surface area contributed by atoms with Gasteiger partial charge in [-0.25, -0.2) is 4.98 Å².